The molecule has 7 heteroatoms. The van der Waals surface area contributed by atoms with Gasteiger partial charge < -0.3 is 5.32 Å². The summed E-state index contributed by atoms with van der Waals surface area (Å²) in [6, 6.07) is 6.13. The average molecular weight is 300 g/mol. The van der Waals surface area contributed by atoms with Gasteiger partial charge in [-0.05, 0) is 18.2 Å². The Bertz CT molecular complexity index is 620. The molecule has 19 heavy (non-hydrogen) atoms. The quantitative estimate of drug-likeness (QED) is 0.906. The van der Waals surface area contributed by atoms with Gasteiger partial charge in [0.2, 0.25) is 10.0 Å². The summed E-state index contributed by atoms with van der Waals surface area (Å²) in [5.74, 6) is 0. The van der Waals surface area contributed by atoms with E-state index in [2.05, 4.69) is 5.32 Å². The van der Waals surface area contributed by atoms with Crippen LogP contribution < -0.4 is 5.32 Å². The third kappa shape index (κ3) is 2.60. The molecule has 1 aliphatic rings. The van der Waals surface area contributed by atoms with Crippen molar-refractivity contribution in [2.75, 3.05) is 19.6 Å². The van der Waals surface area contributed by atoms with Crippen molar-refractivity contribution in [3.63, 3.8) is 0 Å². The normalized spacial score (nSPS) is 16.1. The molecule has 5 nitrogen and oxygen atoms in total. The van der Waals surface area contributed by atoms with E-state index in [4.69, 9.17) is 16.9 Å². The lowest BCUT2D eigenvalue weighted by molar-refractivity contribution is 0.249. The molecule has 0 aliphatic carbocycles. The van der Waals surface area contributed by atoms with E-state index in [1.807, 2.05) is 6.07 Å². The van der Waals surface area contributed by atoms with E-state index in [0.717, 1.165) is 0 Å². The third-order valence-electron chi connectivity index (χ3n) is 3.13. The van der Waals surface area contributed by atoms with Gasteiger partial charge in [-0.2, -0.15) is 9.57 Å². The summed E-state index contributed by atoms with van der Waals surface area (Å²) in [7, 11) is -3.69. The van der Waals surface area contributed by atoms with E-state index in [9.17, 15) is 8.42 Å². The molecule has 0 radical (unpaired) electrons. The number of benzene rings is 1. The summed E-state index contributed by atoms with van der Waals surface area (Å²) in [5, 5.41) is 12.4. The summed E-state index contributed by atoms with van der Waals surface area (Å²) >= 11 is 5.85. The van der Waals surface area contributed by atoms with Gasteiger partial charge in [0, 0.05) is 24.7 Å². The SMILES string of the molecule is CCN(C1CNC1)S(=O)(=O)c1cc(Cl)ccc1C#N. The Hall–Kier alpha value is -1.13. The summed E-state index contributed by atoms with van der Waals surface area (Å²) in [5.41, 5.74) is 0.120. The van der Waals surface area contributed by atoms with Gasteiger partial charge in [0.1, 0.15) is 11.0 Å². The van der Waals surface area contributed by atoms with Gasteiger partial charge in [-0.3, -0.25) is 0 Å². The topological polar surface area (TPSA) is 73.2 Å². The summed E-state index contributed by atoms with van der Waals surface area (Å²) in [4.78, 5) is -0.0174. The van der Waals surface area contributed by atoms with E-state index in [0.29, 0.717) is 24.7 Å². The van der Waals surface area contributed by atoms with E-state index in [-0.39, 0.29) is 16.5 Å². The minimum Gasteiger partial charge on any atom is -0.313 e. The van der Waals surface area contributed by atoms with Crippen LogP contribution in [0.15, 0.2) is 23.1 Å². The highest BCUT2D eigenvalue weighted by atomic mass is 35.5. The number of nitriles is 1. The third-order valence-corrected chi connectivity index (χ3v) is 5.43. The summed E-state index contributed by atoms with van der Waals surface area (Å²) < 4.78 is 26.6. The molecular weight excluding hydrogens is 286 g/mol. The Morgan fingerprint density at radius 3 is 2.68 bits per heavy atom. The van der Waals surface area contributed by atoms with Gasteiger partial charge in [0.05, 0.1) is 11.6 Å². The monoisotopic (exact) mass is 299 g/mol. The molecule has 102 valence electrons. The van der Waals surface area contributed by atoms with Gasteiger partial charge in [-0.25, -0.2) is 8.42 Å². The highest BCUT2D eigenvalue weighted by molar-refractivity contribution is 7.89. The summed E-state index contributed by atoms with van der Waals surface area (Å²) in [6.07, 6.45) is 0. The van der Waals surface area contributed by atoms with Gasteiger partial charge in [0.25, 0.3) is 0 Å². The van der Waals surface area contributed by atoms with Crippen LogP contribution in [0.1, 0.15) is 12.5 Å². The number of sulfonamides is 1. The predicted molar refractivity (Wildman–Crippen MR) is 72.4 cm³/mol. The minimum atomic E-state index is -3.69. The average Bonchev–Trinajstić information content (AvgIpc) is 2.33. The fourth-order valence-electron chi connectivity index (χ4n) is 2.03. The number of rotatable bonds is 4. The molecule has 0 bridgehead atoms. The molecule has 0 amide bonds. The van der Waals surface area contributed by atoms with E-state index >= 15 is 0 Å². The Morgan fingerprint density at radius 2 is 2.21 bits per heavy atom. The zero-order valence-corrected chi connectivity index (χ0v) is 12.0. The molecular formula is C12H14ClN3O2S. The minimum absolute atomic E-state index is 0.0174. The van der Waals surface area contributed by atoms with Crippen molar-refractivity contribution in [2.24, 2.45) is 0 Å². The predicted octanol–water partition coefficient (Wildman–Crippen LogP) is 1.19. The highest BCUT2D eigenvalue weighted by Crippen LogP contribution is 2.25. The van der Waals surface area contributed by atoms with Crippen LogP contribution in [0.3, 0.4) is 0 Å². The Balaban J connectivity index is 2.49. The highest BCUT2D eigenvalue weighted by Gasteiger charge is 2.35. The Morgan fingerprint density at radius 1 is 1.53 bits per heavy atom. The van der Waals surface area contributed by atoms with Crippen LogP contribution in [0, 0.1) is 11.3 Å². The maximum atomic E-state index is 12.6. The zero-order valence-electron chi connectivity index (χ0n) is 10.4. The van der Waals surface area contributed by atoms with Crippen molar-refractivity contribution in [1.82, 2.24) is 9.62 Å². The molecule has 0 atom stereocenters. The van der Waals surface area contributed by atoms with Gasteiger partial charge in [0.15, 0.2) is 0 Å². The number of hydrogen-bond donors (Lipinski definition) is 1. The van der Waals surface area contributed by atoms with Crippen LogP contribution in [-0.2, 0) is 10.0 Å². The number of nitrogens with one attached hydrogen (secondary N) is 1. The molecule has 1 saturated heterocycles. The largest absolute Gasteiger partial charge is 0.313 e. The van der Waals surface area contributed by atoms with Gasteiger partial charge in [-0.1, -0.05) is 18.5 Å². The van der Waals surface area contributed by atoms with Crippen molar-refractivity contribution >= 4 is 21.6 Å². The van der Waals surface area contributed by atoms with E-state index in [1.54, 1.807) is 6.92 Å². The zero-order chi connectivity index (χ0) is 14.0. The molecule has 2 rings (SSSR count). The van der Waals surface area contributed by atoms with Crippen molar-refractivity contribution in [3.05, 3.63) is 28.8 Å². The van der Waals surface area contributed by atoms with Crippen LogP contribution in [0.5, 0.6) is 0 Å². The molecule has 1 aromatic carbocycles. The molecule has 0 aromatic heterocycles. The molecule has 1 fully saturated rings. The lowest BCUT2D eigenvalue weighted by atomic mass is 10.2. The standard InChI is InChI=1S/C12H14ClN3O2S/c1-2-16(11-7-15-8-11)19(17,18)12-5-10(13)4-3-9(12)6-14/h3-5,11,15H,2,7-8H2,1H3. The second-order valence-corrected chi connectivity index (χ2v) is 6.57. The maximum Gasteiger partial charge on any atom is 0.244 e. The molecule has 1 N–H and O–H groups in total. The van der Waals surface area contributed by atoms with Crippen LogP contribution in [0.2, 0.25) is 5.02 Å². The van der Waals surface area contributed by atoms with Crippen LogP contribution >= 0.6 is 11.6 Å². The van der Waals surface area contributed by atoms with Crippen molar-refractivity contribution in [2.45, 2.75) is 17.9 Å². The summed E-state index contributed by atoms with van der Waals surface area (Å²) in [6.45, 7) is 3.42. The second kappa shape index (κ2) is 5.47. The first-order chi connectivity index (χ1) is 9.00. The fraction of sp³-hybridized carbons (Fsp3) is 0.417. The number of likely N-dealkylation sites (N-methyl/N-ethyl adjacent to an activating group) is 1. The molecule has 0 spiro atoms. The lowest BCUT2D eigenvalue weighted by Gasteiger charge is -2.36. The fourth-order valence-corrected chi connectivity index (χ4v) is 4.07. The molecule has 1 aromatic rings. The van der Waals surface area contributed by atoms with Crippen LogP contribution in [-0.4, -0.2) is 38.4 Å². The van der Waals surface area contributed by atoms with Crippen molar-refractivity contribution in [3.8, 4) is 6.07 Å². The lowest BCUT2D eigenvalue weighted by Crippen LogP contribution is -2.58. The van der Waals surface area contributed by atoms with Crippen LogP contribution in [0.4, 0.5) is 0 Å². The van der Waals surface area contributed by atoms with E-state index < -0.39 is 10.0 Å². The first kappa shape index (κ1) is 14.3. The second-order valence-electron chi connectivity index (χ2n) is 4.27. The Labute approximate surface area is 117 Å². The molecule has 1 heterocycles. The first-order valence-electron chi connectivity index (χ1n) is 5.93. The molecule has 0 saturated carbocycles. The Kier molecular flexibility index (Phi) is 4.11. The van der Waals surface area contributed by atoms with Crippen molar-refractivity contribution in [1.29, 1.82) is 5.26 Å². The number of halogens is 1. The van der Waals surface area contributed by atoms with Crippen molar-refractivity contribution < 1.29 is 8.42 Å². The molecule has 0 unspecified atom stereocenters. The first-order valence-corrected chi connectivity index (χ1v) is 7.74. The van der Waals surface area contributed by atoms with Gasteiger partial charge in [-0.15, -0.1) is 0 Å². The molecule has 1 aliphatic heterocycles. The van der Waals surface area contributed by atoms with Crippen LogP contribution in [0.25, 0.3) is 0 Å². The van der Waals surface area contributed by atoms with E-state index in [1.165, 1.54) is 22.5 Å². The number of nitrogens with zero attached hydrogens (tertiary/aromatic N) is 2. The van der Waals surface area contributed by atoms with Gasteiger partial charge >= 0.3 is 0 Å². The smallest absolute Gasteiger partial charge is 0.244 e. The number of hydrogen-bond acceptors (Lipinski definition) is 4. The maximum absolute atomic E-state index is 12.6.